The van der Waals surface area contributed by atoms with Gasteiger partial charge in [-0.2, -0.15) is 0 Å². The zero-order valence-electron chi connectivity index (χ0n) is 14.2. The van der Waals surface area contributed by atoms with Gasteiger partial charge < -0.3 is 0 Å². The number of thiazole rings is 1. The Bertz CT molecular complexity index is 937. The third kappa shape index (κ3) is 4.47. The third-order valence-corrected chi connectivity index (χ3v) is 5.07. The quantitative estimate of drug-likeness (QED) is 0.353. The van der Waals surface area contributed by atoms with Crippen LogP contribution >= 0.6 is 22.9 Å². The summed E-state index contributed by atoms with van der Waals surface area (Å²) in [7, 11) is 0. The highest BCUT2D eigenvalue weighted by molar-refractivity contribution is 7.17. The van der Waals surface area contributed by atoms with Crippen LogP contribution in [0.1, 0.15) is 17.5 Å². The van der Waals surface area contributed by atoms with E-state index in [2.05, 4.69) is 15.5 Å². The van der Waals surface area contributed by atoms with Crippen molar-refractivity contribution in [2.75, 3.05) is 5.32 Å². The third-order valence-electron chi connectivity index (χ3n) is 3.50. The maximum atomic E-state index is 11.8. The van der Waals surface area contributed by atoms with Gasteiger partial charge in [0.2, 0.25) is 0 Å². The lowest BCUT2D eigenvalue weighted by Crippen LogP contribution is -2.11. The molecule has 0 spiro atoms. The standard InChI is InChI=1S/C19H16ClN3O2S/c1-12-17(26-18(21-12)14-8-10-15(20)11-9-14)13(2)23-25-19(24)22-16-6-4-3-5-7-16/h3-11H,1-2H3,(H,22,24)/b23-13+. The molecule has 0 aliphatic rings. The highest BCUT2D eigenvalue weighted by Crippen LogP contribution is 2.29. The van der Waals surface area contributed by atoms with Crippen molar-refractivity contribution in [2.24, 2.45) is 5.16 Å². The first-order chi connectivity index (χ1) is 12.5. The average Bonchev–Trinajstić information content (AvgIpc) is 3.03. The van der Waals surface area contributed by atoms with Gasteiger partial charge in [-0.1, -0.05) is 47.1 Å². The van der Waals surface area contributed by atoms with E-state index >= 15 is 0 Å². The molecule has 1 aromatic heterocycles. The Labute approximate surface area is 160 Å². The number of anilines is 1. The number of para-hydroxylation sites is 1. The van der Waals surface area contributed by atoms with Crippen LogP contribution in [0.2, 0.25) is 5.02 Å². The van der Waals surface area contributed by atoms with Crippen LogP contribution in [0.4, 0.5) is 10.5 Å². The molecule has 0 saturated heterocycles. The van der Waals surface area contributed by atoms with Gasteiger partial charge >= 0.3 is 6.09 Å². The number of amides is 1. The number of halogens is 1. The number of hydrogen-bond acceptors (Lipinski definition) is 5. The second-order valence-corrected chi connectivity index (χ2v) is 6.92. The van der Waals surface area contributed by atoms with E-state index in [1.807, 2.05) is 49.4 Å². The van der Waals surface area contributed by atoms with Crippen LogP contribution in [0.15, 0.2) is 59.8 Å². The van der Waals surface area contributed by atoms with Crippen molar-refractivity contribution in [2.45, 2.75) is 13.8 Å². The van der Waals surface area contributed by atoms with Gasteiger partial charge in [-0.25, -0.2) is 9.78 Å². The van der Waals surface area contributed by atoms with E-state index in [0.29, 0.717) is 16.4 Å². The number of aromatic nitrogens is 1. The van der Waals surface area contributed by atoms with E-state index in [4.69, 9.17) is 16.4 Å². The SMILES string of the molecule is C/C(=N\OC(=O)Nc1ccccc1)c1sc(-c2ccc(Cl)cc2)nc1C. The molecule has 132 valence electrons. The molecule has 0 aliphatic carbocycles. The van der Waals surface area contributed by atoms with Gasteiger partial charge in [-0.05, 0) is 38.1 Å². The molecule has 0 fully saturated rings. The minimum absolute atomic E-state index is 0.587. The van der Waals surface area contributed by atoms with Crippen molar-refractivity contribution >= 4 is 40.4 Å². The number of carbonyl (C=O) groups excluding carboxylic acids is 1. The summed E-state index contributed by atoms with van der Waals surface area (Å²) in [6, 6.07) is 16.5. The number of benzene rings is 2. The Kier molecular flexibility index (Phi) is 5.65. The highest BCUT2D eigenvalue weighted by Gasteiger charge is 2.13. The molecule has 0 bridgehead atoms. The average molecular weight is 386 g/mol. The zero-order chi connectivity index (χ0) is 18.5. The van der Waals surface area contributed by atoms with Gasteiger partial charge in [0.15, 0.2) is 0 Å². The summed E-state index contributed by atoms with van der Waals surface area (Å²) in [5.74, 6) is 0. The van der Waals surface area contributed by atoms with Crippen molar-refractivity contribution < 1.29 is 9.63 Å². The molecule has 2 aromatic carbocycles. The fourth-order valence-corrected chi connectivity index (χ4v) is 3.40. The summed E-state index contributed by atoms with van der Waals surface area (Å²) in [6.45, 7) is 3.68. The number of carbonyl (C=O) groups is 1. The van der Waals surface area contributed by atoms with Gasteiger partial charge in [-0.3, -0.25) is 10.2 Å². The number of hydrogen-bond donors (Lipinski definition) is 1. The molecule has 1 heterocycles. The van der Waals surface area contributed by atoms with Crippen LogP contribution < -0.4 is 5.32 Å². The lowest BCUT2D eigenvalue weighted by molar-refractivity contribution is 0.166. The van der Waals surface area contributed by atoms with Crippen LogP contribution in [0.5, 0.6) is 0 Å². The van der Waals surface area contributed by atoms with Crippen molar-refractivity contribution in [3.05, 3.63) is 70.2 Å². The molecule has 1 amide bonds. The zero-order valence-corrected chi connectivity index (χ0v) is 15.8. The Balaban J connectivity index is 1.71. The second kappa shape index (κ2) is 8.12. The molecule has 26 heavy (non-hydrogen) atoms. The smallest absolute Gasteiger partial charge is 0.297 e. The topological polar surface area (TPSA) is 63.6 Å². The normalized spacial score (nSPS) is 11.3. The summed E-state index contributed by atoms with van der Waals surface area (Å²) >= 11 is 7.41. The molecule has 5 nitrogen and oxygen atoms in total. The molecular formula is C19H16ClN3O2S. The lowest BCUT2D eigenvalue weighted by atomic mass is 10.2. The Morgan fingerprint density at radius 1 is 1.15 bits per heavy atom. The maximum Gasteiger partial charge on any atom is 0.437 e. The summed E-state index contributed by atoms with van der Waals surface area (Å²) in [6.07, 6.45) is -0.643. The summed E-state index contributed by atoms with van der Waals surface area (Å²) in [5.41, 5.74) is 3.03. The van der Waals surface area contributed by atoms with Crippen molar-refractivity contribution in [1.82, 2.24) is 4.98 Å². The first kappa shape index (κ1) is 18.1. The fraction of sp³-hybridized carbons (Fsp3) is 0.105. The van der Waals surface area contributed by atoms with Crippen LogP contribution in [0.25, 0.3) is 10.6 Å². The van der Waals surface area contributed by atoms with E-state index in [9.17, 15) is 4.79 Å². The summed E-state index contributed by atoms with van der Waals surface area (Å²) < 4.78 is 0. The molecule has 0 radical (unpaired) electrons. The molecule has 1 N–H and O–H groups in total. The Morgan fingerprint density at radius 3 is 2.54 bits per heavy atom. The number of rotatable bonds is 4. The van der Waals surface area contributed by atoms with Crippen LogP contribution in [-0.4, -0.2) is 16.8 Å². The largest absolute Gasteiger partial charge is 0.437 e. The molecule has 7 heteroatoms. The van der Waals surface area contributed by atoms with Crippen LogP contribution in [0, 0.1) is 6.92 Å². The Hall–Kier alpha value is -2.70. The fourth-order valence-electron chi connectivity index (χ4n) is 2.26. The summed E-state index contributed by atoms with van der Waals surface area (Å²) in [4.78, 5) is 22.2. The number of oxime groups is 1. The first-order valence-corrected chi connectivity index (χ1v) is 9.04. The minimum atomic E-state index is -0.643. The highest BCUT2D eigenvalue weighted by atomic mass is 35.5. The van der Waals surface area contributed by atoms with E-state index in [-0.39, 0.29) is 0 Å². The summed E-state index contributed by atoms with van der Waals surface area (Å²) in [5, 5.41) is 8.07. The Morgan fingerprint density at radius 2 is 1.85 bits per heavy atom. The van der Waals surface area contributed by atoms with Crippen molar-refractivity contribution in [3.8, 4) is 10.6 Å². The van der Waals surface area contributed by atoms with Crippen molar-refractivity contribution in [1.29, 1.82) is 0 Å². The number of nitrogens with one attached hydrogen (secondary N) is 1. The molecular weight excluding hydrogens is 370 g/mol. The lowest BCUT2D eigenvalue weighted by Gasteiger charge is -2.02. The molecule has 0 aliphatic heterocycles. The van der Waals surface area contributed by atoms with Crippen molar-refractivity contribution in [3.63, 3.8) is 0 Å². The molecule has 0 unspecified atom stereocenters. The van der Waals surface area contributed by atoms with Gasteiger partial charge in [-0.15, -0.1) is 11.3 Å². The van der Waals surface area contributed by atoms with Crippen LogP contribution in [-0.2, 0) is 4.84 Å². The molecule has 3 aromatic rings. The van der Waals surface area contributed by atoms with Gasteiger partial charge in [0.25, 0.3) is 0 Å². The minimum Gasteiger partial charge on any atom is -0.297 e. The van der Waals surface area contributed by atoms with E-state index in [0.717, 1.165) is 21.1 Å². The molecule has 0 saturated carbocycles. The molecule has 0 atom stereocenters. The number of nitrogens with zero attached hydrogens (tertiary/aromatic N) is 2. The van der Waals surface area contributed by atoms with E-state index in [1.165, 1.54) is 11.3 Å². The van der Waals surface area contributed by atoms with E-state index in [1.54, 1.807) is 19.1 Å². The van der Waals surface area contributed by atoms with Gasteiger partial charge in [0.1, 0.15) is 5.01 Å². The second-order valence-electron chi connectivity index (χ2n) is 5.49. The number of aryl methyl sites for hydroxylation is 1. The van der Waals surface area contributed by atoms with Crippen LogP contribution in [0.3, 0.4) is 0 Å². The van der Waals surface area contributed by atoms with Gasteiger partial charge in [0, 0.05) is 16.3 Å². The first-order valence-electron chi connectivity index (χ1n) is 7.84. The molecule has 3 rings (SSSR count). The maximum absolute atomic E-state index is 11.8. The predicted octanol–water partition coefficient (Wildman–Crippen LogP) is 5.74. The van der Waals surface area contributed by atoms with E-state index < -0.39 is 6.09 Å². The monoisotopic (exact) mass is 385 g/mol. The van der Waals surface area contributed by atoms with Gasteiger partial charge in [0.05, 0.1) is 16.3 Å². The predicted molar refractivity (Wildman–Crippen MR) is 106 cm³/mol.